The highest BCUT2D eigenvalue weighted by Gasteiger charge is 2.04. The molecule has 0 atom stereocenters. The average molecular weight is 182 g/mol. The number of aromatic nitrogens is 2. The van der Waals surface area contributed by atoms with Crippen molar-refractivity contribution in [3.8, 4) is 0 Å². The minimum Gasteiger partial charge on any atom is -0.469 e. The highest BCUT2D eigenvalue weighted by Crippen LogP contribution is 2.02. The highest BCUT2D eigenvalue weighted by atomic mass is 16.5. The lowest BCUT2D eigenvalue weighted by Crippen LogP contribution is -2.09. The quantitative estimate of drug-likeness (QED) is 0.656. The van der Waals surface area contributed by atoms with Crippen molar-refractivity contribution >= 4 is 5.97 Å². The van der Waals surface area contributed by atoms with Gasteiger partial charge in [0.15, 0.2) is 0 Å². The predicted molar refractivity (Wildman–Crippen MR) is 48.3 cm³/mol. The molecule has 1 rings (SSSR count). The van der Waals surface area contributed by atoms with Gasteiger partial charge >= 0.3 is 5.97 Å². The van der Waals surface area contributed by atoms with Crippen molar-refractivity contribution in [2.75, 3.05) is 7.11 Å². The van der Waals surface area contributed by atoms with E-state index < -0.39 is 0 Å². The van der Waals surface area contributed by atoms with E-state index in [0.717, 1.165) is 11.4 Å². The fraction of sp³-hybridized carbons (Fsp3) is 0.556. The smallest absolute Gasteiger partial charge is 0.307 e. The molecule has 0 aliphatic heterocycles. The van der Waals surface area contributed by atoms with Crippen LogP contribution in [0.15, 0.2) is 6.07 Å². The minimum absolute atomic E-state index is 0.201. The summed E-state index contributed by atoms with van der Waals surface area (Å²) in [5.41, 5.74) is 2.05. The molecule has 1 heterocycles. The van der Waals surface area contributed by atoms with Gasteiger partial charge in [-0.1, -0.05) is 0 Å². The summed E-state index contributed by atoms with van der Waals surface area (Å²) in [6.45, 7) is 4.49. The molecule has 1 aromatic heterocycles. The molecule has 0 fully saturated rings. The van der Waals surface area contributed by atoms with Crippen LogP contribution in [0, 0.1) is 13.8 Å². The molecule has 72 valence electrons. The van der Waals surface area contributed by atoms with E-state index in [9.17, 15) is 4.79 Å². The summed E-state index contributed by atoms with van der Waals surface area (Å²) in [5, 5.41) is 4.23. The third kappa shape index (κ3) is 2.57. The number of esters is 1. The van der Waals surface area contributed by atoms with Gasteiger partial charge < -0.3 is 4.74 Å². The molecule has 0 aromatic carbocycles. The Morgan fingerprint density at radius 1 is 1.62 bits per heavy atom. The molecule has 4 heteroatoms. The van der Waals surface area contributed by atoms with Crippen LogP contribution in [-0.4, -0.2) is 22.9 Å². The SMILES string of the molecule is COC(=O)CCn1nc(C)cc1C. The van der Waals surface area contributed by atoms with Crippen LogP contribution in [0.5, 0.6) is 0 Å². The fourth-order valence-corrected chi connectivity index (χ4v) is 1.20. The molecule has 0 saturated carbocycles. The lowest BCUT2D eigenvalue weighted by molar-refractivity contribution is -0.140. The summed E-state index contributed by atoms with van der Waals surface area (Å²) in [4.78, 5) is 10.8. The van der Waals surface area contributed by atoms with E-state index in [0.29, 0.717) is 13.0 Å². The van der Waals surface area contributed by atoms with E-state index in [1.165, 1.54) is 7.11 Å². The number of hydrogen-bond acceptors (Lipinski definition) is 3. The van der Waals surface area contributed by atoms with Crippen molar-refractivity contribution in [1.29, 1.82) is 0 Å². The number of methoxy groups -OCH3 is 1. The third-order valence-electron chi connectivity index (χ3n) is 1.86. The van der Waals surface area contributed by atoms with Gasteiger partial charge in [0.1, 0.15) is 0 Å². The molecular formula is C9H14N2O2. The number of rotatable bonds is 3. The molecule has 1 aromatic rings. The predicted octanol–water partition coefficient (Wildman–Crippen LogP) is 1.06. The summed E-state index contributed by atoms with van der Waals surface area (Å²) >= 11 is 0. The Morgan fingerprint density at radius 2 is 2.31 bits per heavy atom. The van der Waals surface area contributed by atoms with Crippen LogP contribution < -0.4 is 0 Å². The van der Waals surface area contributed by atoms with Crippen LogP contribution in [0.4, 0.5) is 0 Å². The van der Waals surface area contributed by atoms with Crippen LogP contribution in [0.25, 0.3) is 0 Å². The Kier molecular flexibility index (Phi) is 3.06. The van der Waals surface area contributed by atoms with Gasteiger partial charge in [-0.15, -0.1) is 0 Å². The molecule has 13 heavy (non-hydrogen) atoms. The molecule has 0 unspecified atom stereocenters. The van der Waals surface area contributed by atoms with E-state index in [-0.39, 0.29) is 5.97 Å². The zero-order valence-corrected chi connectivity index (χ0v) is 8.20. The maximum absolute atomic E-state index is 10.8. The normalized spacial score (nSPS) is 10.1. The first-order valence-corrected chi connectivity index (χ1v) is 4.21. The third-order valence-corrected chi connectivity index (χ3v) is 1.86. The molecule has 0 saturated heterocycles. The monoisotopic (exact) mass is 182 g/mol. The summed E-state index contributed by atoms with van der Waals surface area (Å²) in [5.74, 6) is -0.201. The topological polar surface area (TPSA) is 44.1 Å². The standard InChI is InChI=1S/C9H14N2O2/c1-7-6-8(2)11(10-7)5-4-9(12)13-3/h6H,4-5H2,1-3H3. The number of aryl methyl sites for hydroxylation is 3. The van der Waals surface area contributed by atoms with Gasteiger partial charge in [-0.25, -0.2) is 0 Å². The lowest BCUT2D eigenvalue weighted by atomic mass is 10.4. The van der Waals surface area contributed by atoms with E-state index in [4.69, 9.17) is 0 Å². The summed E-state index contributed by atoms with van der Waals surface area (Å²) in [7, 11) is 1.39. The molecular weight excluding hydrogens is 168 g/mol. The largest absolute Gasteiger partial charge is 0.469 e. The van der Waals surface area contributed by atoms with Crippen LogP contribution in [0.3, 0.4) is 0 Å². The zero-order chi connectivity index (χ0) is 9.84. The van der Waals surface area contributed by atoms with Gasteiger partial charge in [-0.05, 0) is 19.9 Å². The fourth-order valence-electron chi connectivity index (χ4n) is 1.20. The van der Waals surface area contributed by atoms with Gasteiger partial charge in [0.25, 0.3) is 0 Å². The van der Waals surface area contributed by atoms with Crippen LogP contribution in [-0.2, 0) is 16.1 Å². The summed E-state index contributed by atoms with van der Waals surface area (Å²) in [6.07, 6.45) is 0.373. The Labute approximate surface area is 77.5 Å². The molecule has 0 N–H and O–H groups in total. The molecule has 0 aliphatic rings. The number of carbonyl (C=O) groups excluding carboxylic acids is 1. The molecule has 0 amide bonds. The molecule has 0 radical (unpaired) electrons. The Hall–Kier alpha value is -1.32. The van der Waals surface area contributed by atoms with E-state index >= 15 is 0 Å². The van der Waals surface area contributed by atoms with Gasteiger partial charge in [-0.3, -0.25) is 9.48 Å². The summed E-state index contributed by atoms with van der Waals surface area (Å²) in [6, 6.07) is 1.98. The first-order valence-electron chi connectivity index (χ1n) is 4.21. The first kappa shape index (κ1) is 9.77. The van der Waals surface area contributed by atoms with Gasteiger partial charge in [-0.2, -0.15) is 5.10 Å². The van der Waals surface area contributed by atoms with Gasteiger partial charge in [0.2, 0.25) is 0 Å². The molecule has 0 spiro atoms. The highest BCUT2D eigenvalue weighted by molar-refractivity contribution is 5.68. The number of hydrogen-bond donors (Lipinski definition) is 0. The van der Waals surface area contributed by atoms with Crippen LogP contribution in [0.1, 0.15) is 17.8 Å². The summed E-state index contributed by atoms with van der Waals surface area (Å²) < 4.78 is 6.35. The number of ether oxygens (including phenoxy) is 1. The molecule has 0 bridgehead atoms. The van der Waals surface area contributed by atoms with Crippen molar-refractivity contribution in [2.45, 2.75) is 26.8 Å². The van der Waals surface area contributed by atoms with Crippen molar-refractivity contribution in [3.63, 3.8) is 0 Å². The zero-order valence-electron chi connectivity index (χ0n) is 8.20. The second-order valence-electron chi connectivity index (χ2n) is 2.98. The Morgan fingerprint density at radius 3 is 2.77 bits per heavy atom. The molecule has 4 nitrogen and oxygen atoms in total. The Bertz CT molecular complexity index is 305. The maximum Gasteiger partial charge on any atom is 0.307 e. The van der Waals surface area contributed by atoms with Gasteiger partial charge in [0, 0.05) is 5.69 Å². The number of nitrogens with zero attached hydrogens (tertiary/aromatic N) is 2. The lowest BCUT2D eigenvalue weighted by Gasteiger charge is -2.02. The minimum atomic E-state index is -0.201. The second-order valence-corrected chi connectivity index (χ2v) is 2.98. The van der Waals surface area contributed by atoms with Crippen molar-refractivity contribution in [3.05, 3.63) is 17.5 Å². The van der Waals surface area contributed by atoms with E-state index in [2.05, 4.69) is 9.84 Å². The van der Waals surface area contributed by atoms with Gasteiger partial charge in [0.05, 0.1) is 25.8 Å². The average Bonchev–Trinajstić information content (AvgIpc) is 2.41. The van der Waals surface area contributed by atoms with Crippen LogP contribution in [0.2, 0.25) is 0 Å². The molecule has 0 aliphatic carbocycles. The Balaban J connectivity index is 2.54. The van der Waals surface area contributed by atoms with E-state index in [1.54, 1.807) is 0 Å². The van der Waals surface area contributed by atoms with Crippen molar-refractivity contribution < 1.29 is 9.53 Å². The van der Waals surface area contributed by atoms with Crippen LogP contribution >= 0.6 is 0 Å². The maximum atomic E-state index is 10.8. The van der Waals surface area contributed by atoms with Crippen molar-refractivity contribution in [1.82, 2.24) is 9.78 Å². The number of carbonyl (C=O) groups is 1. The first-order chi connectivity index (χ1) is 6.13. The second kappa shape index (κ2) is 4.07. The van der Waals surface area contributed by atoms with E-state index in [1.807, 2.05) is 24.6 Å². The van der Waals surface area contributed by atoms with Crippen molar-refractivity contribution in [2.24, 2.45) is 0 Å².